The van der Waals surface area contributed by atoms with Crippen LogP contribution in [0.2, 0.25) is 5.02 Å². The molecule has 2 nitrogen and oxygen atoms in total. The van der Waals surface area contributed by atoms with Gasteiger partial charge < -0.3 is 5.32 Å². The molecule has 0 fully saturated rings. The molecule has 0 aliphatic heterocycles. The summed E-state index contributed by atoms with van der Waals surface area (Å²) in [7, 11) is 1.95. The molecule has 0 bridgehead atoms. The van der Waals surface area contributed by atoms with E-state index in [0.717, 1.165) is 21.3 Å². The molecule has 1 aromatic carbocycles. The molecule has 0 aliphatic rings. The highest BCUT2D eigenvalue weighted by Crippen LogP contribution is 2.29. The van der Waals surface area contributed by atoms with E-state index in [2.05, 4.69) is 29.5 Å². The quantitative estimate of drug-likeness (QED) is 0.911. The fraction of sp³-hybridized carbons (Fsp3) is 0.308. The smallest absolute Gasteiger partial charge is 0.123 e. The molecule has 17 heavy (non-hydrogen) atoms. The van der Waals surface area contributed by atoms with Crippen LogP contribution in [0.5, 0.6) is 0 Å². The molecule has 1 aromatic heterocycles. The van der Waals surface area contributed by atoms with E-state index < -0.39 is 0 Å². The number of halogens is 1. The molecule has 1 N–H and O–H groups in total. The third-order valence-corrected chi connectivity index (χ3v) is 4.00. The highest BCUT2D eigenvalue weighted by molar-refractivity contribution is 7.13. The van der Waals surface area contributed by atoms with Crippen molar-refractivity contribution >= 4 is 22.9 Å². The van der Waals surface area contributed by atoms with Crippen molar-refractivity contribution in [2.24, 2.45) is 0 Å². The van der Waals surface area contributed by atoms with Crippen LogP contribution in [0.4, 0.5) is 0 Å². The van der Waals surface area contributed by atoms with Crippen LogP contribution in [0.1, 0.15) is 19.5 Å². The molecule has 0 saturated carbocycles. The Labute approximate surface area is 111 Å². The molecule has 0 atom stereocenters. The van der Waals surface area contributed by atoms with Crippen molar-refractivity contribution in [1.82, 2.24) is 10.3 Å². The molecule has 4 heteroatoms. The Morgan fingerprint density at radius 2 is 1.88 bits per heavy atom. The van der Waals surface area contributed by atoms with Crippen LogP contribution in [0.3, 0.4) is 0 Å². The fourth-order valence-electron chi connectivity index (χ4n) is 1.41. The minimum absolute atomic E-state index is 0.0961. The van der Waals surface area contributed by atoms with Crippen molar-refractivity contribution in [3.8, 4) is 10.6 Å². The van der Waals surface area contributed by atoms with Crippen molar-refractivity contribution in [2.75, 3.05) is 7.05 Å². The Balaban J connectivity index is 2.33. The third-order valence-electron chi connectivity index (χ3n) is 2.86. The maximum Gasteiger partial charge on any atom is 0.123 e. The minimum Gasteiger partial charge on any atom is -0.310 e. The third kappa shape index (κ3) is 2.68. The molecule has 0 saturated heterocycles. The average molecular weight is 267 g/mol. The maximum atomic E-state index is 5.87. The van der Waals surface area contributed by atoms with Crippen LogP contribution >= 0.6 is 22.9 Å². The lowest BCUT2D eigenvalue weighted by atomic mass is 10.0. The Bertz CT molecular complexity index is 502. The van der Waals surface area contributed by atoms with E-state index in [-0.39, 0.29) is 5.54 Å². The van der Waals surface area contributed by atoms with Gasteiger partial charge in [-0.1, -0.05) is 23.7 Å². The molecule has 0 amide bonds. The van der Waals surface area contributed by atoms with Crippen LogP contribution in [0.25, 0.3) is 10.6 Å². The Morgan fingerprint density at radius 1 is 1.24 bits per heavy atom. The fourth-order valence-corrected chi connectivity index (χ4v) is 2.53. The van der Waals surface area contributed by atoms with Gasteiger partial charge in [0.1, 0.15) is 5.01 Å². The van der Waals surface area contributed by atoms with E-state index in [1.807, 2.05) is 31.3 Å². The zero-order chi connectivity index (χ0) is 12.5. The topological polar surface area (TPSA) is 24.9 Å². The summed E-state index contributed by atoms with van der Waals surface area (Å²) in [5, 5.41) is 7.13. The van der Waals surface area contributed by atoms with Crippen LogP contribution in [-0.4, -0.2) is 12.0 Å². The second-order valence-corrected chi connectivity index (χ2v) is 5.71. The molecular weight excluding hydrogens is 252 g/mol. The van der Waals surface area contributed by atoms with Gasteiger partial charge in [-0.3, -0.25) is 0 Å². The molecule has 90 valence electrons. The molecule has 1 heterocycles. The first-order valence-corrected chi connectivity index (χ1v) is 6.69. The van der Waals surface area contributed by atoms with E-state index in [0.29, 0.717) is 0 Å². The lowest BCUT2D eigenvalue weighted by Gasteiger charge is -2.21. The lowest BCUT2D eigenvalue weighted by molar-refractivity contribution is 0.434. The predicted molar refractivity (Wildman–Crippen MR) is 74.6 cm³/mol. The predicted octanol–water partition coefficient (Wildman–Crippen LogP) is 3.92. The first-order valence-electron chi connectivity index (χ1n) is 5.44. The Hall–Kier alpha value is -0.900. The van der Waals surface area contributed by atoms with Crippen molar-refractivity contribution in [3.05, 3.63) is 40.4 Å². The number of nitrogens with zero attached hydrogens (tertiary/aromatic N) is 1. The van der Waals surface area contributed by atoms with Gasteiger partial charge >= 0.3 is 0 Å². The second kappa shape index (κ2) is 4.77. The van der Waals surface area contributed by atoms with Gasteiger partial charge in [0.05, 0.1) is 11.2 Å². The van der Waals surface area contributed by atoms with Crippen LogP contribution in [0, 0.1) is 0 Å². The maximum absolute atomic E-state index is 5.87. The Morgan fingerprint density at radius 3 is 2.47 bits per heavy atom. The lowest BCUT2D eigenvalue weighted by Crippen LogP contribution is -2.33. The van der Waals surface area contributed by atoms with Gasteiger partial charge in [0.15, 0.2) is 0 Å². The highest BCUT2D eigenvalue weighted by atomic mass is 35.5. The summed E-state index contributed by atoms with van der Waals surface area (Å²) in [4.78, 5) is 4.67. The number of nitrogens with one attached hydrogen (secondary N) is 1. The molecule has 2 aromatic rings. The summed E-state index contributed by atoms with van der Waals surface area (Å²) in [6.07, 6.45) is 0. The number of hydrogen-bond donors (Lipinski definition) is 1. The molecule has 0 unspecified atom stereocenters. The van der Waals surface area contributed by atoms with Crippen LogP contribution < -0.4 is 5.32 Å². The molecule has 0 spiro atoms. The van der Waals surface area contributed by atoms with Crippen molar-refractivity contribution in [3.63, 3.8) is 0 Å². The zero-order valence-corrected chi connectivity index (χ0v) is 11.7. The van der Waals surface area contributed by atoms with E-state index in [4.69, 9.17) is 11.6 Å². The van der Waals surface area contributed by atoms with Crippen molar-refractivity contribution < 1.29 is 0 Å². The summed E-state index contributed by atoms with van der Waals surface area (Å²) in [6, 6.07) is 7.77. The Kier molecular flexibility index (Phi) is 3.52. The van der Waals surface area contributed by atoms with Gasteiger partial charge in [-0.05, 0) is 33.0 Å². The minimum atomic E-state index is -0.0961. The number of hydrogen-bond acceptors (Lipinski definition) is 3. The van der Waals surface area contributed by atoms with E-state index in [1.54, 1.807) is 11.3 Å². The monoisotopic (exact) mass is 266 g/mol. The first kappa shape index (κ1) is 12.6. The van der Waals surface area contributed by atoms with Crippen LogP contribution in [-0.2, 0) is 5.54 Å². The summed E-state index contributed by atoms with van der Waals surface area (Å²) >= 11 is 7.53. The standard InChI is InChI=1S/C13H15ClN2S/c1-13(2,15-3)11-8-17-12(16-11)9-4-6-10(14)7-5-9/h4-8,15H,1-3H3. The normalized spacial score (nSPS) is 11.8. The van der Waals surface area contributed by atoms with Gasteiger partial charge in [-0.2, -0.15) is 0 Å². The van der Waals surface area contributed by atoms with E-state index in [1.165, 1.54) is 0 Å². The number of aromatic nitrogens is 1. The summed E-state index contributed by atoms with van der Waals surface area (Å²) in [6.45, 7) is 4.24. The second-order valence-electron chi connectivity index (χ2n) is 4.42. The van der Waals surface area contributed by atoms with Crippen molar-refractivity contribution in [2.45, 2.75) is 19.4 Å². The zero-order valence-electron chi connectivity index (χ0n) is 10.1. The number of benzene rings is 1. The van der Waals surface area contributed by atoms with E-state index in [9.17, 15) is 0 Å². The van der Waals surface area contributed by atoms with E-state index >= 15 is 0 Å². The largest absolute Gasteiger partial charge is 0.310 e. The highest BCUT2D eigenvalue weighted by Gasteiger charge is 2.21. The van der Waals surface area contributed by atoms with Gasteiger partial charge in [0.25, 0.3) is 0 Å². The first-order chi connectivity index (χ1) is 8.03. The molecule has 0 radical (unpaired) electrons. The summed E-state index contributed by atoms with van der Waals surface area (Å²) in [5.74, 6) is 0. The number of rotatable bonds is 3. The van der Waals surface area contributed by atoms with Gasteiger partial charge in [-0.15, -0.1) is 11.3 Å². The van der Waals surface area contributed by atoms with Gasteiger partial charge in [0.2, 0.25) is 0 Å². The van der Waals surface area contributed by atoms with Gasteiger partial charge in [-0.25, -0.2) is 4.98 Å². The van der Waals surface area contributed by atoms with Gasteiger partial charge in [0, 0.05) is 16.0 Å². The SMILES string of the molecule is CNC(C)(C)c1csc(-c2ccc(Cl)cc2)n1. The molecule has 0 aliphatic carbocycles. The van der Waals surface area contributed by atoms with Crippen LogP contribution in [0.15, 0.2) is 29.6 Å². The molecular formula is C13H15ClN2S. The number of thiazole rings is 1. The summed E-state index contributed by atoms with van der Waals surface area (Å²) < 4.78 is 0. The van der Waals surface area contributed by atoms with Crippen molar-refractivity contribution in [1.29, 1.82) is 0 Å². The average Bonchev–Trinajstić information content (AvgIpc) is 2.80. The molecule has 2 rings (SSSR count). The summed E-state index contributed by atoms with van der Waals surface area (Å²) in [5.41, 5.74) is 2.08.